The number of rotatable bonds is 2. The van der Waals surface area contributed by atoms with Crippen molar-refractivity contribution in [3.8, 4) is 0 Å². The first-order valence-corrected chi connectivity index (χ1v) is 5.80. The Morgan fingerprint density at radius 1 is 1.11 bits per heavy atom. The second kappa shape index (κ2) is 4.64. The number of carbonyl (C=O) groups excluding carboxylic acids is 1. The Bertz CT molecular complexity index is 580. The molecule has 0 spiro atoms. The summed E-state index contributed by atoms with van der Waals surface area (Å²) < 4.78 is 4.99. The van der Waals surface area contributed by atoms with Crippen molar-refractivity contribution < 1.29 is 9.32 Å². The average Bonchev–Trinajstić information content (AvgIpc) is 2.58. The number of carbonyl (C=O) groups is 1. The van der Waals surface area contributed by atoms with Crippen LogP contribution in [0.2, 0.25) is 0 Å². The number of hydrogen-bond acceptors (Lipinski definition) is 3. The Balaban J connectivity index is 2.24. The first kappa shape index (κ1) is 12.4. The van der Waals surface area contributed by atoms with Gasteiger partial charge in [-0.2, -0.15) is 0 Å². The largest absolute Gasteiger partial charge is 0.361 e. The summed E-state index contributed by atoms with van der Waals surface area (Å²) in [5.74, 6) is 0.426. The van der Waals surface area contributed by atoms with Crippen molar-refractivity contribution in [3.63, 3.8) is 0 Å². The minimum Gasteiger partial charge on any atom is -0.361 e. The summed E-state index contributed by atoms with van der Waals surface area (Å²) in [6.07, 6.45) is 0. The first-order valence-electron chi connectivity index (χ1n) is 5.80. The molecule has 0 saturated carbocycles. The smallest absolute Gasteiger partial charge is 0.278 e. The van der Waals surface area contributed by atoms with Gasteiger partial charge in [0.2, 0.25) is 0 Å². The Morgan fingerprint density at radius 3 is 2.22 bits per heavy atom. The SMILES string of the molecule is Cc1cc(C)cc(NC(=O)c2noc(C)c2C)c1. The van der Waals surface area contributed by atoms with E-state index >= 15 is 0 Å². The highest BCUT2D eigenvalue weighted by atomic mass is 16.5. The fraction of sp³-hybridized carbons (Fsp3) is 0.286. The zero-order chi connectivity index (χ0) is 13.3. The van der Waals surface area contributed by atoms with Crippen LogP contribution in [0, 0.1) is 27.7 Å². The summed E-state index contributed by atoms with van der Waals surface area (Å²) in [6.45, 7) is 7.60. The van der Waals surface area contributed by atoms with E-state index in [0.717, 1.165) is 22.4 Å². The summed E-state index contributed by atoms with van der Waals surface area (Å²) >= 11 is 0. The van der Waals surface area contributed by atoms with Gasteiger partial charge >= 0.3 is 0 Å². The minimum absolute atomic E-state index is 0.241. The van der Waals surface area contributed by atoms with E-state index in [1.165, 1.54) is 0 Å². The lowest BCUT2D eigenvalue weighted by molar-refractivity contribution is 0.101. The molecule has 0 fully saturated rings. The summed E-state index contributed by atoms with van der Waals surface area (Å²) in [6, 6.07) is 5.90. The van der Waals surface area contributed by atoms with Crippen LogP contribution in [0.25, 0.3) is 0 Å². The molecule has 0 radical (unpaired) electrons. The van der Waals surface area contributed by atoms with Crippen LogP contribution in [0.5, 0.6) is 0 Å². The normalized spacial score (nSPS) is 10.4. The third kappa shape index (κ3) is 2.42. The molecule has 2 aromatic rings. The highest BCUT2D eigenvalue weighted by Crippen LogP contribution is 2.17. The second-order valence-corrected chi connectivity index (χ2v) is 4.54. The number of nitrogens with zero attached hydrogens (tertiary/aromatic N) is 1. The van der Waals surface area contributed by atoms with Crippen LogP contribution in [-0.4, -0.2) is 11.1 Å². The number of aromatic nitrogens is 1. The predicted molar refractivity (Wildman–Crippen MR) is 69.8 cm³/mol. The number of benzene rings is 1. The number of anilines is 1. The van der Waals surface area contributed by atoms with Gasteiger partial charge in [0, 0.05) is 11.3 Å². The van der Waals surface area contributed by atoms with Crippen molar-refractivity contribution in [1.29, 1.82) is 0 Å². The molecule has 1 heterocycles. The minimum atomic E-state index is -0.241. The quantitative estimate of drug-likeness (QED) is 0.882. The van der Waals surface area contributed by atoms with Crippen molar-refractivity contribution in [2.45, 2.75) is 27.7 Å². The molecule has 18 heavy (non-hydrogen) atoms. The van der Waals surface area contributed by atoms with Gasteiger partial charge in [-0.25, -0.2) is 0 Å². The Morgan fingerprint density at radius 2 is 1.72 bits per heavy atom. The van der Waals surface area contributed by atoms with Crippen LogP contribution in [-0.2, 0) is 0 Å². The van der Waals surface area contributed by atoms with Crippen molar-refractivity contribution >= 4 is 11.6 Å². The van der Waals surface area contributed by atoms with Crippen LogP contribution >= 0.6 is 0 Å². The molecular weight excluding hydrogens is 228 g/mol. The van der Waals surface area contributed by atoms with Crippen LogP contribution in [0.4, 0.5) is 5.69 Å². The summed E-state index contributed by atoms with van der Waals surface area (Å²) in [5, 5.41) is 6.60. The number of aryl methyl sites for hydroxylation is 3. The molecule has 2 rings (SSSR count). The third-order valence-corrected chi connectivity index (χ3v) is 2.85. The number of hydrogen-bond donors (Lipinski definition) is 1. The van der Waals surface area contributed by atoms with Gasteiger partial charge < -0.3 is 9.84 Å². The van der Waals surface area contributed by atoms with Crippen molar-refractivity contribution in [3.05, 3.63) is 46.3 Å². The maximum absolute atomic E-state index is 12.0. The molecule has 0 atom stereocenters. The lowest BCUT2D eigenvalue weighted by Gasteiger charge is -2.06. The average molecular weight is 244 g/mol. The van der Waals surface area contributed by atoms with E-state index in [2.05, 4.69) is 16.5 Å². The van der Waals surface area contributed by atoms with Gasteiger partial charge in [0.05, 0.1) is 0 Å². The molecule has 0 unspecified atom stereocenters. The molecular formula is C14H16N2O2. The molecule has 0 aliphatic heterocycles. The van der Waals surface area contributed by atoms with Crippen LogP contribution in [0.15, 0.2) is 22.7 Å². The molecule has 0 saturated heterocycles. The summed E-state index contributed by atoms with van der Waals surface area (Å²) in [5.41, 5.74) is 4.11. The number of nitrogens with one attached hydrogen (secondary N) is 1. The molecule has 0 aliphatic rings. The molecule has 0 bridgehead atoms. The third-order valence-electron chi connectivity index (χ3n) is 2.85. The van der Waals surface area contributed by atoms with E-state index in [1.807, 2.05) is 32.9 Å². The topological polar surface area (TPSA) is 55.1 Å². The van der Waals surface area contributed by atoms with E-state index in [0.29, 0.717) is 11.5 Å². The number of amides is 1. The second-order valence-electron chi connectivity index (χ2n) is 4.54. The highest BCUT2D eigenvalue weighted by molar-refractivity contribution is 6.03. The van der Waals surface area contributed by atoms with Gasteiger partial charge in [-0.3, -0.25) is 4.79 Å². The molecule has 94 valence electrons. The van der Waals surface area contributed by atoms with E-state index in [-0.39, 0.29) is 5.91 Å². The van der Waals surface area contributed by atoms with E-state index in [9.17, 15) is 4.79 Å². The lowest BCUT2D eigenvalue weighted by Crippen LogP contribution is -2.13. The molecule has 1 aromatic carbocycles. The van der Waals surface area contributed by atoms with Gasteiger partial charge in [-0.05, 0) is 51.0 Å². The first-order chi connectivity index (χ1) is 8.47. The van der Waals surface area contributed by atoms with Gasteiger partial charge in [0.1, 0.15) is 5.76 Å². The standard InChI is InChI=1S/C14H16N2O2/c1-8-5-9(2)7-12(6-8)15-14(17)13-10(3)11(4)18-16-13/h5-7H,1-4H3,(H,15,17). The van der Waals surface area contributed by atoms with E-state index < -0.39 is 0 Å². The molecule has 1 aromatic heterocycles. The van der Waals surface area contributed by atoms with Gasteiger partial charge in [-0.1, -0.05) is 11.2 Å². The van der Waals surface area contributed by atoms with Gasteiger partial charge in [-0.15, -0.1) is 0 Å². The molecule has 0 aliphatic carbocycles. The predicted octanol–water partition coefficient (Wildman–Crippen LogP) is 3.16. The zero-order valence-corrected chi connectivity index (χ0v) is 11.0. The van der Waals surface area contributed by atoms with Gasteiger partial charge in [0.15, 0.2) is 5.69 Å². The Hall–Kier alpha value is -2.10. The van der Waals surface area contributed by atoms with Crippen molar-refractivity contribution in [2.75, 3.05) is 5.32 Å². The van der Waals surface area contributed by atoms with Crippen LogP contribution in [0.1, 0.15) is 32.9 Å². The maximum atomic E-state index is 12.0. The summed E-state index contributed by atoms with van der Waals surface area (Å²) in [7, 11) is 0. The molecule has 4 nitrogen and oxygen atoms in total. The van der Waals surface area contributed by atoms with Crippen molar-refractivity contribution in [1.82, 2.24) is 5.16 Å². The lowest BCUT2D eigenvalue weighted by atomic mass is 10.1. The fourth-order valence-electron chi connectivity index (χ4n) is 1.87. The zero-order valence-electron chi connectivity index (χ0n) is 11.0. The monoisotopic (exact) mass is 244 g/mol. The van der Waals surface area contributed by atoms with Crippen molar-refractivity contribution in [2.24, 2.45) is 0 Å². The Labute approximate surface area is 106 Å². The van der Waals surface area contributed by atoms with E-state index in [4.69, 9.17) is 4.52 Å². The maximum Gasteiger partial charge on any atom is 0.278 e. The van der Waals surface area contributed by atoms with Crippen LogP contribution < -0.4 is 5.32 Å². The Kier molecular flexibility index (Phi) is 3.19. The molecule has 1 amide bonds. The molecule has 1 N–H and O–H groups in total. The fourth-order valence-corrected chi connectivity index (χ4v) is 1.87. The van der Waals surface area contributed by atoms with E-state index in [1.54, 1.807) is 6.92 Å². The van der Waals surface area contributed by atoms with Crippen LogP contribution in [0.3, 0.4) is 0 Å². The summed E-state index contributed by atoms with van der Waals surface area (Å²) in [4.78, 5) is 12.0. The van der Waals surface area contributed by atoms with Gasteiger partial charge in [0.25, 0.3) is 5.91 Å². The highest BCUT2D eigenvalue weighted by Gasteiger charge is 2.16. The molecule has 4 heteroatoms.